The molecule has 4 rings (SSSR count). The monoisotopic (exact) mass is 353 g/mol. The van der Waals surface area contributed by atoms with Gasteiger partial charge < -0.3 is 4.90 Å². The zero-order valence-corrected chi connectivity index (χ0v) is 14.9. The average Bonchev–Trinajstić information content (AvgIpc) is 2.67. The first-order chi connectivity index (χ1) is 12.2. The molecule has 128 valence electrons. The van der Waals surface area contributed by atoms with Crippen molar-refractivity contribution in [2.75, 3.05) is 13.1 Å². The molecule has 2 aromatic rings. The quantitative estimate of drug-likeness (QED) is 0.774. The molecule has 1 aromatic carbocycles. The van der Waals surface area contributed by atoms with E-state index in [-0.39, 0.29) is 11.8 Å². The fraction of sp³-hybridized carbons (Fsp3) is 0.450. The van der Waals surface area contributed by atoms with Crippen LogP contribution in [-0.2, 0) is 12.8 Å². The van der Waals surface area contributed by atoms with E-state index in [2.05, 4.69) is 6.07 Å². The Morgan fingerprint density at radius 3 is 2.76 bits per heavy atom. The maximum atomic E-state index is 12.8. The van der Waals surface area contributed by atoms with Crippen LogP contribution in [0.15, 0.2) is 18.2 Å². The lowest BCUT2D eigenvalue weighted by atomic mass is 9.94. The Labute approximate surface area is 152 Å². The lowest BCUT2D eigenvalue weighted by molar-refractivity contribution is 0.0707. The molecule has 1 aliphatic heterocycles. The summed E-state index contributed by atoms with van der Waals surface area (Å²) in [7, 11) is 0. The predicted molar refractivity (Wildman–Crippen MR) is 97.6 cm³/mol. The highest BCUT2D eigenvalue weighted by molar-refractivity contribution is 6.36. The molecule has 1 aliphatic carbocycles. The van der Waals surface area contributed by atoms with Gasteiger partial charge in [-0.1, -0.05) is 17.7 Å². The third-order valence-electron chi connectivity index (χ3n) is 5.40. The van der Waals surface area contributed by atoms with Gasteiger partial charge in [-0.2, -0.15) is 5.26 Å². The second kappa shape index (κ2) is 6.65. The smallest absolute Gasteiger partial charge is 0.253 e. The van der Waals surface area contributed by atoms with Crippen LogP contribution in [0.1, 0.15) is 47.3 Å². The van der Waals surface area contributed by atoms with Gasteiger partial charge in [-0.05, 0) is 56.2 Å². The van der Waals surface area contributed by atoms with Gasteiger partial charge in [-0.25, -0.2) is 0 Å². The van der Waals surface area contributed by atoms with Crippen molar-refractivity contribution in [2.24, 2.45) is 5.92 Å². The lowest BCUT2D eigenvalue weighted by Crippen LogP contribution is -2.38. The fourth-order valence-corrected chi connectivity index (χ4v) is 4.26. The van der Waals surface area contributed by atoms with Crippen molar-refractivity contribution in [2.45, 2.75) is 38.5 Å². The molecule has 0 unspecified atom stereocenters. The molecule has 1 fully saturated rings. The Morgan fingerprint density at radius 1 is 1.24 bits per heavy atom. The summed E-state index contributed by atoms with van der Waals surface area (Å²) in [4.78, 5) is 19.4. The van der Waals surface area contributed by atoms with E-state index in [1.807, 2.05) is 23.1 Å². The van der Waals surface area contributed by atoms with Crippen LogP contribution in [0.2, 0.25) is 5.02 Å². The highest BCUT2D eigenvalue weighted by atomic mass is 35.5. The topological polar surface area (TPSA) is 57.0 Å². The van der Waals surface area contributed by atoms with Crippen molar-refractivity contribution in [1.82, 2.24) is 9.88 Å². The van der Waals surface area contributed by atoms with Gasteiger partial charge in [-0.3, -0.25) is 9.78 Å². The lowest BCUT2D eigenvalue weighted by Gasteiger charge is -2.29. The Kier molecular flexibility index (Phi) is 4.35. The molecule has 0 atom stereocenters. The number of carbonyl (C=O) groups excluding carboxylic acids is 1. The molecule has 5 heteroatoms. The molecule has 0 bridgehead atoms. The van der Waals surface area contributed by atoms with E-state index in [1.165, 1.54) is 5.56 Å². The van der Waals surface area contributed by atoms with Crippen molar-refractivity contribution >= 4 is 28.4 Å². The largest absolute Gasteiger partial charge is 0.339 e. The van der Waals surface area contributed by atoms with Crippen LogP contribution >= 0.6 is 11.6 Å². The van der Waals surface area contributed by atoms with E-state index in [0.717, 1.165) is 60.1 Å². The van der Waals surface area contributed by atoms with Crippen LogP contribution in [-0.4, -0.2) is 28.9 Å². The number of nitriles is 1. The van der Waals surface area contributed by atoms with Crippen LogP contribution in [0.3, 0.4) is 0 Å². The number of aromatic nitrogens is 1. The molecule has 25 heavy (non-hydrogen) atoms. The molecule has 4 nitrogen and oxygen atoms in total. The number of hydrogen-bond donors (Lipinski definition) is 0. The summed E-state index contributed by atoms with van der Waals surface area (Å²) < 4.78 is 0. The standard InChI is InChI=1S/C20H20ClN3O/c21-19-15-3-1-2-4-17(15)23-18-11-14(5-6-16(18)19)20(25)24-9-7-13(12-22)8-10-24/h5-6,11,13H,1-4,7-10H2. The maximum Gasteiger partial charge on any atom is 0.253 e. The molecule has 1 saturated heterocycles. The maximum absolute atomic E-state index is 12.8. The zero-order chi connectivity index (χ0) is 17.4. The molecule has 2 aliphatic rings. The number of amides is 1. The van der Waals surface area contributed by atoms with Crippen LogP contribution in [0.5, 0.6) is 0 Å². The molecular formula is C20H20ClN3O. The average molecular weight is 354 g/mol. The number of hydrogen-bond acceptors (Lipinski definition) is 3. The summed E-state index contributed by atoms with van der Waals surface area (Å²) in [6.07, 6.45) is 5.78. The minimum Gasteiger partial charge on any atom is -0.339 e. The third-order valence-corrected chi connectivity index (χ3v) is 5.84. The van der Waals surface area contributed by atoms with Crippen LogP contribution in [0.4, 0.5) is 0 Å². The summed E-state index contributed by atoms with van der Waals surface area (Å²) in [6.45, 7) is 1.29. The van der Waals surface area contributed by atoms with Crippen molar-refractivity contribution < 1.29 is 4.79 Å². The number of fused-ring (bicyclic) bond motifs is 2. The van der Waals surface area contributed by atoms with Crippen molar-refractivity contribution in [1.29, 1.82) is 5.26 Å². The van der Waals surface area contributed by atoms with E-state index in [4.69, 9.17) is 21.8 Å². The molecule has 0 N–H and O–H groups in total. The summed E-state index contributed by atoms with van der Waals surface area (Å²) in [5, 5.41) is 10.7. The highest BCUT2D eigenvalue weighted by Gasteiger charge is 2.24. The minimum atomic E-state index is 0.0222. The Bertz CT molecular complexity index is 879. The number of pyridine rings is 1. The summed E-state index contributed by atoms with van der Waals surface area (Å²) >= 11 is 6.61. The van der Waals surface area contributed by atoms with E-state index in [9.17, 15) is 4.79 Å². The molecule has 0 radical (unpaired) electrons. The molecule has 0 spiro atoms. The van der Waals surface area contributed by atoms with Gasteiger partial charge in [-0.15, -0.1) is 0 Å². The number of aryl methyl sites for hydroxylation is 1. The molecule has 1 amide bonds. The van der Waals surface area contributed by atoms with Crippen molar-refractivity contribution in [3.05, 3.63) is 40.0 Å². The predicted octanol–water partition coefficient (Wildman–Crippen LogP) is 4.14. The first kappa shape index (κ1) is 16.4. The van der Waals surface area contributed by atoms with Crippen LogP contribution in [0.25, 0.3) is 10.9 Å². The number of nitrogens with zero attached hydrogens (tertiary/aromatic N) is 3. The number of carbonyl (C=O) groups is 1. The molecular weight excluding hydrogens is 334 g/mol. The number of likely N-dealkylation sites (tertiary alicyclic amines) is 1. The van der Waals surface area contributed by atoms with Gasteiger partial charge in [0.1, 0.15) is 0 Å². The Hall–Kier alpha value is -2.12. The molecule has 2 heterocycles. The number of halogens is 1. The SMILES string of the molecule is N#CC1CCN(C(=O)c2ccc3c(Cl)c4c(nc3c2)CCCC4)CC1. The van der Waals surface area contributed by atoms with E-state index < -0.39 is 0 Å². The van der Waals surface area contributed by atoms with E-state index in [0.29, 0.717) is 18.7 Å². The number of piperidine rings is 1. The zero-order valence-electron chi connectivity index (χ0n) is 14.1. The minimum absolute atomic E-state index is 0.0222. The summed E-state index contributed by atoms with van der Waals surface area (Å²) in [5.74, 6) is 0.0987. The van der Waals surface area contributed by atoms with Gasteiger partial charge in [0.15, 0.2) is 0 Å². The van der Waals surface area contributed by atoms with E-state index >= 15 is 0 Å². The van der Waals surface area contributed by atoms with Gasteiger partial charge in [0.25, 0.3) is 5.91 Å². The van der Waals surface area contributed by atoms with Gasteiger partial charge >= 0.3 is 0 Å². The second-order valence-electron chi connectivity index (χ2n) is 6.99. The molecule has 0 saturated carbocycles. The van der Waals surface area contributed by atoms with Crippen molar-refractivity contribution in [3.8, 4) is 6.07 Å². The highest BCUT2D eigenvalue weighted by Crippen LogP contribution is 2.33. The van der Waals surface area contributed by atoms with Crippen LogP contribution in [0, 0.1) is 17.2 Å². The van der Waals surface area contributed by atoms with Gasteiger partial charge in [0, 0.05) is 35.7 Å². The first-order valence-electron chi connectivity index (χ1n) is 8.97. The number of rotatable bonds is 1. The first-order valence-corrected chi connectivity index (χ1v) is 9.35. The second-order valence-corrected chi connectivity index (χ2v) is 7.36. The van der Waals surface area contributed by atoms with Gasteiger partial charge in [0.05, 0.1) is 16.6 Å². The summed E-state index contributed by atoms with van der Waals surface area (Å²) in [5.41, 5.74) is 3.73. The summed E-state index contributed by atoms with van der Waals surface area (Å²) in [6, 6.07) is 7.95. The Morgan fingerprint density at radius 2 is 2.00 bits per heavy atom. The third kappa shape index (κ3) is 2.98. The normalized spacial score (nSPS) is 18.0. The number of benzene rings is 1. The van der Waals surface area contributed by atoms with E-state index in [1.54, 1.807) is 0 Å². The van der Waals surface area contributed by atoms with Crippen molar-refractivity contribution in [3.63, 3.8) is 0 Å². The molecule has 1 aromatic heterocycles. The van der Waals surface area contributed by atoms with Gasteiger partial charge in [0.2, 0.25) is 0 Å². The fourth-order valence-electron chi connectivity index (χ4n) is 3.89. The van der Waals surface area contributed by atoms with Crippen LogP contribution < -0.4 is 0 Å². The Balaban J connectivity index is 1.65.